The zero-order chi connectivity index (χ0) is 15.3. The molecule has 1 heterocycles. The van der Waals surface area contributed by atoms with Gasteiger partial charge in [-0.15, -0.1) is 0 Å². The minimum atomic E-state index is -3.97. The van der Waals surface area contributed by atoms with E-state index in [1.807, 2.05) is 0 Å². The van der Waals surface area contributed by atoms with Gasteiger partial charge in [0.2, 0.25) is 0 Å². The molecule has 0 aromatic carbocycles. The van der Waals surface area contributed by atoms with Crippen LogP contribution in [-0.4, -0.2) is 55.0 Å². The van der Waals surface area contributed by atoms with E-state index in [1.165, 1.54) is 0 Å². The van der Waals surface area contributed by atoms with E-state index in [0.717, 1.165) is 29.7 Å². The number of hydrogen-bond acceptors (Lipinski definition) is 6. The second-order valence-electron chi connectivity index (χ2n) is 3.70. The van der Waals surface area contributed by atoms with Gasteiger partial charge in [-0.3, -0.25) is 4.79 Å². The van der Waals surface area contributed by atoms with Crippen LogP contribution >= 0.6 is 0 Å². The number of methoxy groups -OCH3 is 1. The summed E-state index contributed by atoms with van der Waals surface area (Å²) in [6, 6.07) is 2.22. The van der Waals surface area contributed by atoms with Gasteiger partial charge in [0.05, 0.1) is 12.7 Å². The van der Waals surface area contributed by atoms with Crippen molar-refractivity contribution in [2.75, 3.05) is 20.2 Å². The van der Waals surface area contributed by atoms with Gasteiger partial charge < -0.3 is 9.84 Å². The molecule has 20 heavy (non-hydrogen) atoms. The summed E-state index contributed by atoms with van der Waals surface area (Å²) in [5, 5.41) is 8.40. The van der Waals surface area contributed by atoms with Crippen LogP contribution in [0.15, 0.2) is 23.4 Å². The molecule has 0 atom stereocenters. The highest BCUT2D eigenvalue weighted by molar-refractivity contribution is 7.89. The van der Waals surface area contributed by atoms with Gasteiger partial charge in [0.1, 0.15) is 6.54 Å². The fraction of sp³-hybridized carbons (Fsp3) is 0.364. The van der Waals surface area contributed by atoms with Crippen LogP contribution in [0, 0.1) is 0 Å². The molecule has 0 saturated carbocycles. The normalized spacial score (nSPS) is 11.3. The van der Waals surface area contributed by atoms with E-state index in [9.17, 15) is 18.0 Å². The number of carbonyl (C=O) groups is 2. The number of carboxylic acids is 1. The zero-order valence-corrected chi connectivity index (χ0v) is 11.8. The predicted octanol–water partition coefficient (Wildman–Crippen LogP) is -0.0366. The number of hydrogen-bond donors (Lipinski definition) is 1. The maximum Gasteiger partial charge on any atom is 0.337 e. The average molecular weight is 302 g/mol. The maximum atomic E-state index is 12.2. The number of likely N-dealkylation sites (N-methyl/N-ethyl adjacent to an activating group) is 1. The highest BCUT2D eigenvalue weighted by atomic mass is 32.2. The highest BCUT2D eigenvalue weighted by Crippen LogP contribution is 2.13. The number of pyridine rings is 1. The Morgan fingerprint density at radius 1 is 1.40 bits per heavy atom. The Balaban J connectivity index is 3.07. The van der Waals surface area contributed by atoms with Crippen LogP contribution in [0.1, 0.15) is 17.3 Å². The maximum absolute atomic E-state index is 12.2. The molecule has 0 amide bonds. The molecule has 1 N–H and O–H groups in total. The SMILES string of the molecule is CCN(CC(=O)OC)S(=O)(=O)c1ccc(C(=O)O)cn1. The van der Waals surface area contributed by atoms with E-state index in [-0.39, 0.29) is 17.1 Å². The van der Waals surface area contributed by atoms with Gasteiger partial charge >= 0.3 is 11.9 Å². The molecule has 8 nitrogen and oxygen atoms in total. The fourth-order valence-electron chi connectivity index (χ4n) is 1.37. The molecule has 0 fully saturated rings. The van der Waals surface area contributed by atoms with Crippen LogP contribution in [0.25, 0.3) is 0 Å². The molecule has 0 spiro atoms. The number of sulfonamides is 1. The standard InChI is InChI=1S/C11H14N2O6S/c1-3-13(7-10(14)19-2)20(17,18)9-5-4-8(6-12-9)11(15)16/h4-6H,3,7H2,1-2H3,(H,15,16). The first kappa shape index (κ1) is 16.1. The van der Waals surface area contributed by atoms with Crippen molar-refractivity contribution in [1.29, 1.82) is 0 Å². The number of aromatic carboxylic acids is 1. The first-order chi connectivity index (χ1) is 9.32. The first-order valence-electron chi connectivity index (χ1n) is 5.59. The van der Waals surface area contributed by atoms with Gasteiger partial charge in [0.25, 0.3) is 10.0 Å². The largest absolute Gasteiger partial charge is 0.478 e. The predicted molar refractivity (Wildman–Crippen MR) is 67.6 cm³/mol. The lowest BCUT2D eigenvalue weighted by Crippen LogP contribution is -2.36. The van der Waals surface area contributed by atoms with Crippen molar-refractivity contribution < 1.29 is 27.9 Å². The minimum absolute atomic E-state index is 0.0554. The van der Waals surface area contributed by atoms with Gasteiger partial charge in [-0.2, -0.15) is 4.31 Å². The van der Waals surface area contributed by atoms with Crippen LogP contribution in [0.2, 0.25) is 0 Å². The quantitative estimate of drug-likeness (QED) is 0.733. The first-order valence-corrected chi connectivity index (χ1v) is 7.03. The number of esters is 1. The van der Waals surface area contributed by atoms with Crippen molar-refractivity contribution in [2.45, 2.75) is 11.9 Å². The number of aromatic nitrogens is 1. The van der Waals surface area contributed by atoms with Crippen LogP contribution in [0.4, 0.5) is 0 Å². The van der Waals surface area contributed by atoms with E-state index in [1.54, 1.807) is 6.92 Å². The van der Waals surface area contributed by atoms with E-state index in [4.69, 9.17) is 5.11 Å². The summed E-state index contributed by atoms with van der Waals surface area (Å²) < 4.78 is 29.7. The van der Waals surface area contributed by atoms with Crippen LogP contribution < -0.4 is 0 Å². The summed E-state index contributed by atoms with van der Waals surface area (Å²) in [7, 11) is -2.81. The van der Waals surface area contributed by atoms with Crippen LogP contribution in [0.5, 0.6) is 0 Å². The smallest absolute Gasteiger partial charge is 0.337 e. The van der Waals surface area contributed by atoms with Crippen LogP contribution in [0.3, 0.4) is 0 Å². The van der Waals surface area contributed by atoms with Crippen molar-refractivity contribution in [3.05, 3.63) is 23.9 Å². The number of nitrogens with zero attached hydrogens (tertiary/aromatic N) is 2. The molecule has 0 saturated heterocycles. The van der Waals surface area contributed by atoms with E-state index in [0.29, 0.717) is 0 Å². The average Bonchev–Trinajstić information content (AvgIpc) is 2.44. The molecule has 9 heteroatoms. The molecule has 0 aliphatic carbocycles. The molecule has 1 aromatic rings. The molecular formula is C11H14N2O6S. The van der Waals surface area contributed by atoms with Crippen molar-refractivity contribution >= 4 is 22.0 Å². The van der Waals surface area contributed by atoms with E-state index < -0.39 is 28.5 Å². The monoisotopic (exact) mass is 302 g/mol. The summed E-state index contributed by atoms with van der Waals surface area (Å²) in [5.74, 6) is -1.90. The lowest BCUT2D eigenvalue weighted by Gasteiger charge is -2.18. The molecule has 1 aromatic heterocycles. The topological polar surface area (TPSA) is 114 Å². The number of carboxylic acid groups (broad SMARTS) is 1. The Morgan fingerprint density at radius 3 is 2.45 bits per heavy atom. The van der Waals surface area contributed by atoms with Gasteiger partial charge in [0, 0.05) is 12.7 Å². The van der Waals surface area contributed by atoms with Crippen molar-refractivity contribution in [3.63, 3.8) is 0 Å². The van der Waals surface area contributed by atoms with E-state index >= 15 is 0 Å². The molecule has 110 valence electrons. The lowest BCUT2D eigenvalue weighted by atomic mass is 10.3. The van der Waals surface area contributed by atoms with Gasteiger partial charge in [-0.25, -0.2) is 18.2 Å². The summed E-state index contributed by atoms with van der Waals surface area (Å²) in [6.07, 6.45) is 0.946. The van der Waals surface area contributed by atoms with Crippen molar-refractivity contribution in [2.24, 2.45) is 0 Å². The minimum Gasteiger partial charge on any atom is -0.478 e. The third kappa shape index (κ3) is 3.52. The Bertz CT molecular complexity index is 596. The number of carbonyl (C=O) groups excluding carboxylic acids is 1. The summed E-state index contributed by atoms with van der Waals surface area (Å²) in [5.41, 5.74) is -0.125. The Hall–Kier alpha value is -2.00. The summed E-state index contributed by atoms with van der Waals surface area (Å²) in [6.45, 7) is 1.18. The summed E-state index contributed by atoms with van der Waals surface area (Å²) in [4.78, 5) is 25.5. The Labute approximate surface area is 116 Å². The number of rotatable bonds is 6. The van der Waals surface area contributed by atoms with Crippen LogP contribution in [-0.2, 0) is 19.6 Å². The Kier molecular flexibility index (Phi) is 5.17. The molecule has 0 radical (unpaired) electrons. The second-order valence-corrected chi connectivity index (χ2v) is 5.58. The third-order valence-electron chi connectivity index (χ3n) is 2.47. The molecule has 0 aliphatic heterocycles. The van der Waals surface area contributed by atoms with Gasteiger partial charge in [0.15, 0.2) is 5.03 Å². The summed E-state index contributed by atoms with van der Waals surface area (Å²) >= 11 is 0. The fourth-order valence-corrected chi connectivity index (χ4v) is 2.67. The molecule has 0 unspecified atom stereocenters. The Morgan fingerprint density at radius 2 is 2.05 bits per heavy atom. The highest BCUT2D eigenvalue weighted by Gasteiger charge is 2.27. The molecule has 0 bridgehead atoms. The molecular weight excluding hydrogens is 288 g/mol. The van der Waals surface area contributed by atoms with Gasteiger partial charge in [-0.1, -0.05) is 6.92 Å². The van der Waals surface area contributed by atoms with E-state index in [2.05, 4.69) is 9.72 Å². The third-order valence-corrected chi connectivity index (χ3v) is 4.31. The second kappa shape index (κ2) is 6.44. The van der Waals surface area contributed by atoms with Gasteiger partial charge in [-0.05, 0) is 12.1 Å². The number of ether oxygens (including phenoxy) is 1. The zero-order valence-electron chi connectivity index (χ0n) is 10.9. The molecule has 1 rings (SSSR count). The van der Waals surface area contributed by atoms with Crippen molar-refractivity contribution in [1.82, 2.24) is 9.29 Å². The lowest BCUT2D eigenvalue weighted by molar-refractivity contribution is -0.140. The molecule has 0 aliphatic rings. The van der Waals surface area contributed by atoms with Crippen molar-refractivity contribution in [3.8, 4) is 0 Å².